The lowest BCUT2D eigenvalue weighted by molar-refractivity contribution is -0.141. The molecule has 3 aromatic rings. The first kappa shape index (κ1) is 28.9. The third-order valence-corrected chi connectivity index (χ3v) is 8.72. The van der Waals surface area contributed by atoms with Crippen molar-refractivity contribution in [1.82, 2.24) is 9.97 Å². The van der Waals surface area contributed by atoms with Crippen molar-refractivity contribution >= 4 is 40.1 Å². The Morgan fingerprint density at radius 1 is 1.22 bits per heavy atom. The topological polar surface area (TPSA) is 126 Å². The van der Waals surface area contributed by atoms with Crippen molar-refractivity contribution in [2.75, 3.05) is 36.6 Å². The largest absolute Gasteiger partial charge is 0.481 e. The predicted molar refractivity (Wildman–Crippen MR) is 151 cm³/mol. The lowest BCUT2D eigenvalue weighted by Gasteiger charge is -2.27. The molecule has 2 amide bonds. The molecular formula is C29H33FN4O6S. The zero-order chi connectivity index (χ0) is 29.3. The average Bonchev–Trinajstić information content (AvgIpc) is 3.63. The fourth-order valence-electron chi connectivity index (χ4n) is 5.72. The van der Waals surface area contributed by atoms with Gasteiger partial charge in [0.2, 0.25) is 16.9 Å². The lowest BCUT2D eigenvalue weighted by atomic mass is 9.86. The van der Waals surface area contributed by atoms with Gasteiger partial charge in [-0.15, -0.1) is 0 Å². The Hall–Kier alpha value is -3.64. The average molecular weight is 585 g/mol. The molecule has 5 heterocycles. The first-order valence-electron chi connectivity index (χ1n) is 13.7. The summed E-state index contributed by atoms with van der Waals surface area (Å²) in [5.41, 5.74) is 1.81. The van der Waals surface area contributed by atoms with Gasteiger partial charge in [-0.05, 0) is 57.6 Å². The van der Waals surface area contributed by atoms with Gasteiger partial charge in [0.05, 0.1) is 12.0 Å². The van der Waals surface area contributed by atoms with E-state index < -0.39 is 22.9 Å². The summed E-state index contributed by atoms with van der Waals surface area (Å²) in [5.74, 6) is -0.406. The smallest absolute Gasteiger partial charge is 0.304 e. The number of pyridine rings is 1. The van der Waals surface area contributed by atoms with Crippen molar-refractivity contribution in [1.29, 1.82) is 0 Å². The van der Waals surface area contributed by atoms with Gasteiger partial charge in [-0.3, -0.25) is 24.2 Å². The number of carbonyl (C=O) groups excluding carboxylic acids is 2. The lowest BCUT2D eigenvalue weighted by Crippen LogP contribution is -2.35. The van der Waals surface area contributed by atoms with Crippen molar-refractivity contribution in [3.8, 4) is 22.4 Å². The molecule has 1 atom stereocenters. The predicted octanol–water partition coefficient (Wildman–Crippen LogP) is 5.22. The Morgan fingerprint density at radius 2 is 1.95 bits per heavy atom. The summed E-state index contributed by atoms with van der Waals surface area (Å²) in [6, 6.07) is 3.59. The number of ether oxygens (including phenoxy) is 1. The molecule has 0 radical (unpaired) electrons. The summed E-state index contributed by atoms with van der Waals surface area (Å²) in [6.07, 6.45) is 4.59. The molecule has 0 aliphatic carbocycles. The molecule has 0 aromatic carbocycles. The minimum Gasteiger partial charge on any atom is -0.481 e. The molecule has 1 N–H and O–H groups in total. The first-order chi connectivity index (χ1) is 19.6. The quantitative estimate of drug-likeness (QED) is 0.363. The Kier molecular flexibility index (Phi) is 8.50. The summed E-state index contributed by atoms with van der Waals surface area (Å²) in [6.45, 7) is 5.31. The van der Waals surface area contributed by atoms with Crippen LogP contribution in [0.5, 0.6) is 0 Å². The third kappa shape index (κ3) is 6.03. The fourth-order valence-corrected chi connectivity index (χ4v) is 6.49. The van der Waals surface area contributed by atoms with Crippen molar-refractivity contribution < 1.29 is 33.0 Å². The molecule has 2 fully saturated rings. The standard InChI is InChI=1S/C29H33FN4O6S/c1-16-24(19-6-7-21(31-15-19)34-10-4-5-22(34)35)25(17(2)40-16)26-27(30)41-29(32-26)33(3)28(38)20(14-23(36)37)13-18-8-11-39-12-9-18/h6-7,15,18,20H,4-5,8-14H2,1-3H3,(H,36,37)/t20-/m1/s1. The molecule has 10 nitrogen and oxygen atoms in total. The minimum atomic E-state index is -1.06. The van der Waals surface area contributed by atoms with Gasteiger partial charge in [-0.25, -0.2) is 9.97 Å². The van der Waals surface area contributed by atoms with Gasteiger partial charge in [-0.1, -0.05) is 11.3 Å². The van der Waals surface area contributed by atoms with Crippen LogP contribution in [0.4, 0.5) is 15.3 Å². The van der Waals surface area contributed by atoms with Crippen LogP contribution in [0.3, 0.4) is 0 Å². The van der Waals surface area contributed by atoms with Gasteiger partial charge in [-0.2, -0.15) is 4.39 Å². The molecule has 2 aliphatic heterocycles. The number of halogens is 1. The molecule has 5 rings (SSSR count). The van der Waals surface area contributed by atoms with Gasteiger partial charge >= 0.3 is 5.97 Å². The van der Waals surface area contributed by atoms with E-state index >= 15 is 4.39 Å². The molecule has 2 saturated heterocycles. The highest BCUT2D eigenvalue weighted by molar-refractivity contribution is 7.14. The van der Waals surface area contributed by atoms with E-state index in [0.717, 1.165) is 30.6 Å². The number of carboxylic acids is 1. The first-order valence-corrected chi connectivity index (χ1v) is 14.6. The maximum absolute atomic E-state index is 15.5. The van der Waals surface area contributed by atoms with Crippen LogP contribution in [0.1, 0.15) is 50.0 Å². The summed E-state index contributed by atoms with van der Waals surface area (Å²) in [5, 5.41) is 9.02. The highest BCUT2D eigenvalue weighted by Crippen LogP contribution is 2.43. The molecular weight excluding hydrogens is 551 g/mol. The van der Waals surface area contributed by atoms with Gasteiger partial charge in [0, 0.05) is 56.5 Å². The highest BCUT2D eigenvalue weighted by atomic mass is 32.1. The summed E-state index contributed by atoms with van der Waals surface area (Å²) in [7, 11) is 1.50. The van der Waals surface area contributed by atoms with E-state index in [1.807, 2.05) is 6.07 Å². The SMILES string of the molecule is Cc1oc(C)c(-c2nc(N(C)C(=O)[C@@H](CC(=O)O)CC3CCOCC3)sc2F)c1-c1ccc(N2CCCC2=O)nc1. The van der Waals surface area contributed by atoms with E-state index in [1.54, 1.807) is 31.0 Å². The Labute approximate surface area is 241 Å². The number of thiazole rings is 1. The van der Waals surface area contributed by atoms with Crippen LogP contribution in [-0.4, -0.2) is 59.7 Å². The molecule has 2 aliphatic rings. The summed E-state index contributed by atoms with van der Waals surface area (Å²) < 4.78 is 26.8. The number of hydrogen-bond donors (Lipinski definition) is 1. The molecule has 12 heteroatoms. The second-order valence-corrected chi connectivity index (χ2v) is 11.5. The zero-order valence-electron chi connectivity index (χ0n) is 23.3. The number of aliphatic carboxylic acids is 1. The minimum absolute atomic E-state index is 0.0374. The van der Waals surface area contributed by atoms with Crippen LogP contribution in [0, 0.1) is 30.8 Å². The summed E-state index contributed by atoms with van der Waals surface area (Å²) >= 11 is 0.728. The van der Waals surface area contributed by atoms with Crippen molar-refractivity contribution in [2.24, 2.45) is 11.8 Å². The van der Waals surface area contributed by atoms with E-state index in [9.17, 15) is 19.5 Å². The monoisotopic (exact) mass is 584 g/mol. The number of anilines is 2. The van der Waals surface area contributed by atoms with Crippen molar-refractivity contribution in [3.05, 3.63) is 35.0 Å². The van der Waals surface area contributed by atoms with Gasteiger partial charge in [0.25, 0.3) is 0 Å². The van der Waals surface area contributed by atoms with Crippen LogP contribution < -0.4 is 9.80 Å². The van der Waals surface area contributed by atoms with E-state index in [1.165, 1.54) is 11.9 Å². The number of carbonyl (C=O) groups is 3. The number of aromatic nitrogens is 2. The molecule has 0 spiro atoms. The number of rotatable bonds is 9. The number of nitrogens with zero attached hydrogens (tertiary/aromatic N) is 4. The van der Waals surface area contributed by atoms with Crippen molar-refractivity contribution in [3.63, 3.8) is 0 Å². The molecule has 0 bridgehead atoms. The number of aryl methyl sites for hydroxylation is 2. The van der Waals surface area contributed by atoms with Gasteiger partial charge < -0.3 is 14.3 Å². The Balaban J connectivity index is 1.42. The zero-order valence-corrected chi connectivity index (χ0v) is 24.1. The van der Waals surface area contributed by atoms with Crippen LogP contribution >= 0.6 is 11.3 Å². The number of carboxylic acid groups (broad SMARTS) is 1. The Bertz CT molecular complexity index is 1450. The van der Waals surface area contributed by atoms with Crippen molar-refractivity contribution in [2.45, 2.75) is 52.4 Å². The molecule has 218 valence electrons. The number of hydrogen-bond acceptors (Lipinski definition) is 8. The molecule has 3 aromatic heterocycles. The number of furan rings is 1. The van der Waals surface area contributed by atoms with Crippen LogP contribution in [0.2, 0.25) is 0 Å². The summed E-state index contributed by atoms with van der Waals surface area (Å²) in [4.78, 5) is 49.1. The van der Waals surface area contributed by atoms with E-state index in [4.69, 9.17) is 9.15 Å². The maximum atomic E-state index is 15.5. The number of amides is 2. The third-order valence-electron chi connectivity index (χ3n) is 7.80. The van der Waals surface area contributed by atoms with Crippen LogP contribution in [0.25, 0.3) is 22.4 Å². The maximum Gasteiger partial charge on any atom is 0.304 e. The van der Waals surface area contributed by atoms with E-state index in [-0.39, 0.29) is 29.1 Å². The van der Waals surface area contributed by atoms with Gasteiger partial charge in [0.1, 0.15) is 23.0 Å². The van der Waals surface area contributed by atoms with Crippen LogP contribution in [0.15, 0.2) is 22.7 Å². The second kappa shape index (κ2) is 12.1. The van der Waals surface area contributed by atoms with Gasteiger partial charge in [0.15, 0.2) is 5.13 Å². The fraction of sp³-hybridized carbons (Fsp3) is 0.483. The van der Waals surface area contributed by atoms with E-state index in [0.29, 0.717) is 66.6 Å². The highest BCUT2D eigenvalue weighted by Gasteiger charge is 2.32. The molecule has 0 saturated carbocycles. The Morgan fingerprint density at radius 3 is 2.59 bits per heavy atom. The van der Waals surface area contributed by atoms with Crippen LogP contribution in [-0.2, 0) is 19.1 Å². The molecule has 0 unspecified atom stereocenters. The molecule has 41 heavy (non-hydrogen) atoms. The normalized spacial score (nSPS) is 16.8. The second-order valence-electron chi connectivity index (χ2n) is 10.6. The van der Waals surface area contributed by atoms with E-state index in [2.05, 4.69) is 9.97 Å².